The molecule has 0 N–H and O–H groups in total. The van der Waals surface area contributed by atoms with Gasteiger partial charge in [0.15, 0.2) is 5.82 Å². The third kappa shape index (κ3) is 3.38. The zero-order chi connectivity index (χ0) is 16.1. The van der Waals surface area contributed by atoms with E-state index in [-0.39, 0.29) is 0 Å². The first-order valence-electron chi connectivity index (χ1n) is 7.87. The summed E-state index contributed by atoms with van der Waals surface area (Å²) in [6.07, 6.45) is 1.33. The summed E-state index contributed by atoms with van der Waals surface area (Å²) in [6, 6.07) is 16.3. The fourth-order valence-corrected chi connectivity index (χ4v) is 2.55. The van der Waals surface area contributed by atoms with Gasteiger partial charge < -0.3 is 9.47 Å². The molecular formula is C19H20N2O2. The predicted molar refractivity (Wildman–Crippen MR) is 91.0 cm³/mol. The monoisotopic (exact) mass is 308 g/mol. The highest BCUT2D eigenvalue weighted by molar-refractivity contribution is 5.93. The first-order valence-corrected chi connectivity index (χ1v) is 7.87. The highest BCUT2D eigenvalue weighted by Gasteiger charge is 2.16. The van der Waals surface area contributed by atoms with Gasteiger partial charge in [-0.3, -0.25) is 0 Å². The van der Waals surface area contributed by atoms with Gasteiger partial charge in [-0.05, 0) is 31.0 Å². The van der Waals surface area contributed by atoms with Crippen LogP contribution >= 0.6 is 0 Å². The Hall–Kier alpha value is -2.30. The Balaban J connectivity index is 2.05. The summed E-state index contributed by atoms with van der Waals surface area (Å²) in [5.41, 5.74) is 3.17. The highest BCUT2D eigenvalue weighted by Crippen LogP contribution is 2.28. The minimum atomic E-state index is -0.519. The van der Waals surface area contributed by atoms with E-state index >= 15 is 0 Å². The lowest BCUT2D eigenvalue weighted by Gasteiger charge is -2.16. The van der Waals surface area contributed by atoms with Crippen molar-refractivity contribution >= 4 is 10.9 Å². The number of benzene rings is 2. The molecule has 3 rings (SSSR count). The van der Waals surface area contributed by atoms with Crippen LogP contribution in [0.25, 0.3) is 22.0 Å². The molecule has 0 unspecified atom stereocenters. The summed E-state index contributed by atoms with van der Waals surface area (Å²) >= 11 is 0. The molecule has 4 heteroatoms. The molecule has 2 aromatic carbocycles. The van der Waals surface area contributed by atoms with E-state index < -0.39 is 6.29 Å². The molecule has 1 aromatic heterocycles. The first-order chi connectivity index (χ1) is 11.3. The minimum Gasteiger partial charge on any atom is -0.346 e. The van der Waals surface area contributed by atoms with E-state index in [1.807, 2.05) is 50.4 Å². The maximum Gasteiger partial charge on any atom is 0.219 e. The van der Waals surface area contributed by atoms with Crippen LogP contribution < -0.4 is 0 Å². The number of ether oxygens (including phenoxy) is 2. The second-order valence-electron chi connectivity index (χ2n) is 5.08. The molecule has 0 spiro atoms. The van der Waals surface area contributed by atoms with Gasteiger partial charge in [-0.1, -0.05) is 42.5 Å². The Kier molecular flexibility index (Phi) is 4.95. The molecule has 118 valence electrons. The van der Waals surface area contributed by atoms with E-state index in [2.05, 4.69) is 28.2 Å². The van der Waals surface area contributed by atoms with Crippen molar-refractivity contribution in [3.8, 4) is 11.1 Å². The summed E-state index contributed by atoms with van der Waals surface area (Å²) in [5.74, 6) is 0.561. The van der Waals surface area contributed by atoms with Gasteiger partial charge in [-0.15, -0.1) is 0 Å². The van der Waals surface area contributed by atoms with Gasteiger partial charge in [0.2, 0.25) is 6.29 Å². The Bertz CT molecular complexity index is 769. The van der Waals surface area contributed by atoms with Crippen LogP contribution in [0.2, 0.25) is 0 Å². The molecule has 0 aliphatic carbocycles. The topological polar surface area (TPSA) is 44.2 Å². The zero-order valence-corrected chi connectivity index (χ0v) is 13.4. The molecule has 4 nitrogen and oxygen atoms in total. The Morgan fingerprint density at radius 1 is 0.913 bits per heavy atom. The molecule has 0 aliphatic rings. The fraction of sp³-hybridized carbons (Fsp3) is 0.263. The molecule has 0 radical (unpaired) electrons. The van der Waals surface area contributed by atoms with E-state index in [1.54, 1.807) is 0 Å². The van der Waals surface area contributed by atoms with Crippen LogP contribution in [0.4, 0.5) is 0 Å². The van der Waals surface area contributed by atoms with Crippen LogP contribution in [0, 0.1) is 0 Å². The van der Waals surface area contributed by atoms with Gasteiger partial charge >= 0.3 is 0 Å². The summed E-state index contributed by atoms with van der Waals surface area (Å²) < 4.78 is 11.2. The van der Waals surface area contributed by atoms with E-state index in [4.69, 9.17) is 9.47 Å². The first kappa shape index (κ1) is 15.6. The van der Waals surface area contributed by atoms with Crippen molar-refractivity contribution < 1.29 is 9.47 Å². The quantitative estimate of drug-likeness (QED) is 0.634. The van der Waals surface area contributed by atoms with Crippen molar-refractivity contribution in [1.82, 2.24) is 9.97 Å². The van der Waals surface area contributed by atoms with Crippen molar-refractivity contribution in [2.24, 2.45) is 0 Å². The average Bonchev–Trinajstić information content (AvgIpc) is 2.61. The van der Waals surface area contributed by atoms with Crippen molar-refractivity contribution in [2.75, 3.05) is 13.2 Å². The maximum absolute atomic E-state index is 5.59. The molecule has 1 heterocycles. The van der Waals surface area contributed by atoms with E-state index in [0.29, 0.717) is 19.0 Å². The lowest BCUT2D eigenvalue weighted by molar-refractivity contribution is -0.145. The smallest absolute Gasteiger partial charge is 0.219 e. The molecule has 23 heavy (non-hydrogen) atoms. The third-order valence-electron chi connectivity index (χ3n) is 3.58. The van der Waals surface area contributed by atoms with Crippen LogP contribution in [0.3, 0.4) is 0 Å². The molecule has 0 saturated carbocycles. The van der Waals surface area contributed by atoms with Crippen LogP contribution in [0.1, 0.15) is 26.0 Å². The molecular weight excluding hydrogens is 288 g/mol. The highest BCUT2D eigenvalue weighted by atomic mass is 16.7. The summed E-state index contributed by atoms with van der Waals surface area (Å²) in [6.45, 7) is 4.97. The maximum atomic E-state index is 5.59. The number of rotatable bonds is 6. The Morgan fingerprint density at radius 2 is 1.65 bits per heavy atom. The molecule has 0 fully saturated rings. The molecule has 0 amide bonds. The van der Waals surface area contributed by atoms with Gasteiger partial charge in [-0.2, -0.15) is 0 Å². The van der Waals surface area contributed by atoms with Crippen molar-refractivity contribution in [1.29, 1.82) is 0 Å². The van der Waals surface area contributed by atoms with E-state index in [9.17, 15) is 0 Å². The SMILES string of the molecule is CCOC(OCC)c1ncc2c(-c3ccccc3)cccc2n1. The van der Waals surface area contributed by atoms with Gasteiger partial charge in [0, 0.05) is 24.8 Å². The second kappa shape index (κ2) is 7.31. The number of hydrogen-bond donors (Lipinski definition) is 0. The summed E-state index contributed by atoms with van der Waals surface area (Å²) in [7, 11) is 0. The van der Waals surface area contributed by atoms with Gasteiger partial charge in [-0.25, -0.2) is 9.97 Å². The molecule has 0 aliphatic heterocycles. The number of hydrogen-bond acceptors (Lipinski definition) is 4. The van der Waals surface area contributed by atoms with Gasteiger partial charge in [0.05, 0.1) is 5.52 Å². The molecule has 0 atom stereocenters. The summed E-state index contributed by atoms with van der Waals surface area (Å²) in [5, 5.41) is 1.02. The standard InChI is InChI=1S/C19H20N2O2/c1-3-22-19(23-4-2)18-20-13-16-15(11-8-12-17(16)21-18)14-9-6-5-7-10-14/h5-13,19H,3-4H2,1-2H3. The van der Waals surface area contributed by atoms with Crippen LogP contribution in [0.5, 0.6) is 0 Å². The molecule has 0 saturated heterocycles. The van der Waals surface area contributed by atoms with Crippen molar-refractivity contribution in [2.45, 2.75) is 20.1 Å². The normalized spacial score (nSPS) is 11.3. The van der Waals surface area contributed by atoms with Crippen LogP contribution in [-0.4, -0.2) is 23.2 Å². The predicted octanol–water partition coefficient (Wildman–Crippen LogP) is 4.37. The fourth-order valence-electron chi connectivity index (χ4n) is 2.55. The second-order valence-corrected chi connectivity index (χ2v) is 5.08. The van der Waals surface area contributed by atoms with Crippen molar-refractivity contribution in [3.05, 3.63) is 60.6 Å². The lowest BCUT2D eigenvalue weighted by atomic mass is 10.0. The van der Waals surface area contributed by atoms with E-state index in [1.165, 1.54) is 0 Å². The Morgan fingerprint density at radius 3 is 2.35 bits per heavy atom. The Labute approximate surface area is 136 Å². The number of nitrogens with zero attached hydrogens (tertiary/aromatic N) is 2. The van der Waals surface area contributed by atoms with E-state index in [0.717, 1.165) is 22.0 Å². The van der Waals surface area contributed by atoms with Crippen LogP contribution in [-0.2, 0) is 9.47 Å². The number of aromatic nitrogens is 2. The van der Waals surface area contributed by atoms with Gasteiger partial charge in [0.1, 0.15) is 0 Å². The zero-order valence-electron chi connectivity index (χ0n) is 13.4. The van der Waals surface area contributed by atoms with Crippen LogP contribution in [0.15, 0.2) is 54.7 Å². The average molecular weight is 308 g/mol. The lowest BCUT2D eigenvalue weighted by Crippen LogP contribution is -2.12. The van der Waals surface area contributed by atoms with Gasteiger partial charge in [0.25, 0.3) is 0 Å². The summed E-state index contributed by atoms with van der Waals surface area (Å²) in [4.78, 5) is 9.11. The number of fused-ring (bicyclic) bond motifs is 1. The van der Waals surface area contributed by atoms with Crippen molar-refractivity contribution in [3.63, 3.8) is 0 Å². The third-order valence-corrected chi connectivity index (χ3v) is 3.58. The molecule has 0 bridgehead atoms. The molecule has 3 aromatic rings. The minimum absolute atomic E-state index is 0.519. The largest absolute Gasteiger partial charge is 0.346 e.